The highest BCUT2D eigenvalue weighted by Gasteiger charge is 2.17. The van der Waals surface area contributed by atoms with Gasteiger partial charge in [-0.2, -0.15) is 0 Å². The van der Waals surface area contributed by atoms with Gasteiger partial charge in [0.25, 0.3) is 0 Å². The van der Waals surface area contributed by atoms with E-state index in [0.29, 0.717) is 23.6 Å². The largest absolute Gasteiger partial charge is 0.502 e. The smallest absolute Gasteiger partial charge is 0.244 e. The highest BCUT2D eigenvalue weighted by Crippen LogP contribution is 2.37. The third-order valence-electron chi connectivity index (χ3n) is 4.82. The number of nitrogens with zero attached hydrogens (tertiary/aromatic N) is 1. The van der Waals surface area contributed by atoms with Crippen molar-refractivity contribution in [2.24, 2.45) is 0 Å². The molecule has 0 radical (unpaired) electrons. The van der Waals surface area contributed by atoms with E-state index in [4.69, 9.17) is 9.47 Å². The van der Waals surface area contributed by atoms with Crippen LogP contribution in [0.15, 0.2) is 42.5 Å². The molecular weight excluding hydrogens is 356 g/mol. The zero-order valence-electron chi connectivity index (χ0n) is 16.3. The molecule has 148 valence electrons. The van der Waals surface area contributed by atoms with Crippen LogP contribution in [-0.2, 0) is 11.2 Å². The van der Waals surface area contributed by atoms with E-state index in [0.717, 1.165) is 25.9 Å². The van der Waals surface area contributed by atoms with Crippen molar-refractivity contribution in [3.63, 3.8) is 0 Å². The quantitative estimate of drug-likeness (QED) is 0.543. The first-order chi connectivity index (χ1) is 13.6. The lowest BCUT2D eigenvalue weighted by atomic mass is 10.1. The molecule has 0 fully saturated rings. The molecule has 2 aromatic carbocycles. The number of anilines is 1. The number of carbonyl (C=O) groups is 1. The van der Waals surface area contributed by atoms with Gasteiger partial charge < -0.3 is 24.8 Å². The van der Waals surface area contributed by atoms with Crippen LogP contribution in [0.3, 0.4) is 0 Å². The fourth-order valence-electron chi connectivity index (χ4n) is 3.36. The molecule has 1 heterocycles. The Morgan fingerprint density at radius 3 is 2.64 bits per heavy atom. The third kappa shape index (κ3) is 4.57. The van der Waals surface area contributed by atoms with Gasteiger partial charge in [0.1, 0.15) is 0 Å². The first-order valence-electron chi connectivity index (χ1n) is 9.36. The lowest BCUT2D eigenvalue weighted by molar-refractivity contribution is -0.116. The average Bonchev–Trinajstić information content (AvgIpc) is 3.13. The minimum Gasteiger partial charge on any atom is -0.502 e. The van der Waals surface area contributed by atoms with Gasteiger partial charge >= 0.3 is 0 Å². The molecule has 0 atom stereocenters. The molecule has 0 bridgehead atoms. The van der Waals surface area contributed by atoms with E-state index in [1.54, 1.807) is 18.2 Å². The van der Waals surface area contributed by atoms with Crippen LogP contribution in [0.2, 0.25) is 0 Å². The Bertz CT molecular complexity index is 838. The molecule has 1 aliphatic rings. The van der Waals surface area contributed by atoms with Crippen LogP contribution in [0.25, 0.3) is 6.08 Å². The molecule has 0 aromatic heterocycles. The Hall–Kier alpha value is -3.15. The maximum Gasteiger partial charge on any atom is 0.244 e. The Balaban J connectivity index is 1.47. The van der Waals surface area contributed by atoms with Gasteiger partial charge in [-0.3, -0.25) is 4.79 Å². The summed E-state index contributed by atoms with van der Waals surface area (Å²) in [5, 5.41) is 12.8. The first kappa shape index (κ1) is 19.6. The van der Waals surface area contributed by atoms with Gasteiger partial charge in [-0.15, -0.1) is 0 Å². The van der Waals surface area contributed by atoms with Crippen LogP contribution in [0.1, 0.15) is 17.5 Å². The lowest BCUT2D eigenvalue weighted by Crippen LogP contribution is -2.28. The Kier molecular flexibility index (Phi) is 6.42. The zero-order valence-corrected chi connectivity index (χ0v) is 16.3. The van der Waals surface area contributed by atoms with Crippen molar-refractivity contribution in [1.82, 2.24) is 5.32 Å². The van der Waals surface area contributed by atoms with Crippen LogP contribution in [0.4, 0.5) is 5.69 Å². The fraction of sp³-hybridized carbons (Fsp3) is 0.318. The molecule has 0 unspecified atom stereocenters. The van der Waals surface area contributed by atoms with E-state index in [9.17, 15) is 9.90 Å². The van der Waals surface area contributed by atoms with E-state index in [1.807, 2.05) is 0 Å². The third-order valence-corrected chi connectivity index (χ3v) is 4.82. The molecular formula is C22H26N2O4. The number of amides is 1. The number of benzene rings is 2. The summed E-state index contributed by atoms with van der Waals surface area (Å²) in [5.41, 5.74) is 3.41. The molecule has 6 heteroatoms. The van der Waals surface area contributed by atoms with Gasteiger partial charge in [0.05, 0.1) is 14.2 Å². The summed E-state index contributed by atoms with van der Waals surface area (Å²) in [6.45, 7) is 2.58. The summed E-state index contributed by atoms with van der Waals surface area (Å²) in [4.78, 5) is 14.4. The summed E-state index contributed by atoms with van der Waals surface area (Å²) < 4.78 is 10.2. The Labute approximate surface area is 165 Å². The number of phenols is 1. The van der Waals surface area contributed by atoms with Gasteiger partial charge in [0.15, 0.2) is 11.5 Å². The number of nitrogens with one attached hydrogen (secondary N) is 1. The number of ether oxygens (including phenoxy) is 2. The second-order valence-electron chi connectivity index (χ2n) is 6.62. The standard InChI is InChI=1S/C22H26N2O4/c1-27-19-14-16(15-20(28-2)22(19)26)8-9-21(25)23-11-5-12-24-13-10-17-6-3-4-7-18(17)24/h3-4,6-9,14-15,26H,5,10-13H2,1-2H3,(H,23,25)/b9-8+. The molecule has 0 saturated carbocycles. The van der Waals surface area contributed by atoms with Crippen molar-refractivity contribution in [2.75, 3.05) is 38.8 Å². The molecule has 0 spiro atoms. The number of carbonyl (C=O) groups excluding carboxylic acids is 1. The van der Waals surface area contributed by atoms with E-state index in [2.05, 4.69) is 34.5 Å². The Morgan fingerprint density at radius 2 is 1.93 bits per heavy atom. The lowest BCUT2D eigenvalue weighted by Gasteiger charge is -2.19. The van der Waals surface area contributed by atoms with Gasteiger partial charge in [-0.25, -0.2) is 0 Å². The monoisotopic (exact) mass is 382 g/mol. The summed E-state index contributed by atoms with van der Waals surface area (Å²) in [5.74, 6) is 0.374. The number of hydrogen-bond donors (Lipinski definition) is 2. The molecule has 0 aliphatic carbocycles. The molecule has 1 aliphatic heterocycles. The fourth-order valence-corrected chi connectivity index (χ4v) is 3.36. The highest BCUT2D eigenvalue weighted by molar-refractivity contribution is 5.91. The molecule has 1 amide bonds. The molecule has 6 nitrogen and oxygen atoms in total. The summed E-state index contributed by atoms with van der Waals surface area (Å²) in [6, 6.07) is 11.8. The van der Waals surface area contributed by atoms with E-state index < -0.39 is 0 Å². The van der Waals surface area contributed by atoms with Gasteiger partial charge in [-0.05, 0) is 48.2 Å². The van der Waals surface area contributed by atoms with Gasteiger partial charge in [0, 0.05) is 31.4 Å². The molecule has 3 rings (SSSR count). The number of para-hydroxylation sites is 1. The van der Waals surface area contributed by atoms with Crippen LogP contribution in [-0.4, -0.2) is 44.9 Å². The molecule has 0 saturated heterocycles. The van der Waals surface area contributed by atoms with Gasteiger partial charge in [-0.1, -0.05) is 18.2 Å². The second-order valence-corrected chi connectivity index (χ2v) is 6.62. The normalized spacial score (nSPS) is 12.9. The van der Waals surface area contributed by atoms with Crippen molar-refractivity contribution in [2.45, 2.75) is 12.8 Å². The average molecular weight is 382 g/mol. The topological polar surface area (TPSA) is 71.0 Å². The summed E-state index contributed by atoms with van der Waals surface area (Å²) in [6.07, 6.45) is 5.10. The maximum atomic E-state index is 12.1. The van der Waals surface area contributed by atoms with Crippen molar-refractivity contribution in [3.8, 4) is 17.2 Å². The SMILES string of the molecule is COc1cc(/C=C/C(=O)NCCCN2CCc3ccccc32)cc(OC)c1O. The number of fused-ring (bicyclic) bond motifs is 1. The molecule has 2 N–H and O–H groups in total. The van der Waals surface area contributed by atoms with Crippen molar-refractivity contribution < 1.29 is 19.4 Å². The highest BCUT2D eigenvalue weighted by atomic mass is 16.5. The van der Waals surface area contributed by atoms with Crippen LogP contribution < -0.4 is 19.7 Å². The van der Waals surface area contributed by atoms with Crippen LogP contribution in [0.5, 0.6) is 17.2 Å². The first-order valence-corrected chi connectivity index (χ1v) is 9.36. The van der Waals surface area contributed by atoms with Crippen LogP contribution in [0, 0.1) is 0 Å². The molecule has 28 heavy (non-hydrogen) atoms. The van der Waals surface area contributed by atoms with E-state index >= 15 is 0 Å². The Morgan fingerprint density at radius 1 is 1.21 bits per heavy atom. The maximum absolute atomic E-state index is 12.1. The predicted octanol–water partition coefficient (Wildman–Crippen LogP) is 2.99. The van der Waals surface area contributed by atoms with E-state index in [1.165, 1.54) is 31.5 Å². The van der Waals surface area contributed by atoms with Crippen molar-refractivity contribution >= 4 is 17.7 Å². The number of rotatable bonds is 8. The second kappa shape index (κ2) is 9.17. The minimum absolute atomic E-state index is 0.0601. The van der Waals surface area contributed by atoms with Gasteiger partial charge in [0.2, 0.25) is 11.7 Å². The van der Waals surface area contributed by atoms with E-state index in [-0.39, 0.29) is 11.7 Å². The molecule has 2 aromatic rings. The number of aromatic hydroxyl groups is 1. The summed E-state index contributed by atoms with van der Waals surface area (Å²) >= 11 is 0. The van der Waals surface area contributed by atoms with Crippen LogP contribution >= 0.6 is 0 Å². The minimum atomic E-state index is -0.159. The number of hydrogen-bond acceptors (Lipinski definition) is 5. The summed E-state index contributed by atoms with van der Waals surface area (Å²) in [7, 11) is 2.93. The van der Waals surface area contributed by atoms with Crippen molar-refractivity contribution in [3.05, 3.63) is 53.6 Å². The number of phenolic OH excluding ortho intramolecular Hbond substituents is 1. The predicted molar refractivity (Wildman–Crippen MR) is 110 cm³/mol. The van der Waals surface area contributed by atoms with Crippen molar-refractivity contribution in [1.29, 1.82) is 0 Å². The number of methoxy groups -OCH3 is 2. The zero-order chi connectivity index (χ0) is 19.9.